The van der Waals surface area contributed by atoms with E-state index in [1.807, 2.05) is 20.0 Å². The zero-order valence-corrected chi connectivity index (χ0v) is 11.2. The molecule has 0 aliphatic heterocycles. The average Bonchev–Trinajstić information content (AvgIpc) is 3.20. The number of hydrogen-bond donors (Lipinski definition) is 2. The largest absolute Gasteiger partial charge is 0.374 e. The van der Waals surface area contributed by atoms with Gasteiger partial charge in [0.05, 0.1) is 0 Å². The van der Waals surface area contributed by atoms with Crippen molar-refractivity contribution >= 4 is 11.6 Å². The third kappa shape index (κ3) is 4.14. The van der Waals surface area contributed by atoms with Crippen LogP contribution in [-0.2, 0) is 11.3 Å². The molecule has 0 bridgehead atoms. The monoisotopic (exact) mass is 250 g/mol. The van der Waals surface area contributed by atoms with Crippen molar-refractivity contribution in [2.75, 3.05) is 30.8 Å². The third-order valence-corrected chi connectivity index (χ3v) is 3.02. The lowest BCUT2D eigenvalue weighted by molar-refractivity contribution is 0.128. The predicted molar refractivity (Wildman–Crippen MR) is 72.7 cm³/mol. The highest BCUT2D eigenvalue weighted by Crippen LogP contribution is 2.32. The van der Waals surface area contributed by atoms with Crippen LogP contribution in [0.5, 0.6) is 0 Å². The molecular formula is C13H22N4O. The molecule has 18 heavy (non-hydrogen) atoms. The Balaban J connectivity index is 1.92. The van der Waals surface area contributed by atoms with E-state index in [9.17, 15) is 0 Å². The molecule has 1 aliphatic carbocycles. The molecule has 100 valence electrons. The second kappa shape index (κ2) is 6.54. The van der Waals surface area contributed by atoms with E-state index < -0.39 is 0 Å². The second-order valence-corrected chi connectivity index (χ2v) is 4.60. The zero-order valence-electron chi connectivity index (χ0n) is 11.2. The summed E-state index contributed by atoms with van der Waals surface area (Å²) in [6.07, 6.45) is 4.02. The van der Waals surface area contributed by atoms with Crippen molar-refractivity contribution < 1.29 is 4.74 Å². The van der Waals surface area contributed by atoms with Crippen LogP contribution in [0.1, 0.15) is 32.0 Å². The van der Waals surface area contributed by atoms with Gasteiger partial charge in [-0.15, -0.1) is 0 Å². The van der Waals surface area contributed by atoms with E-state index in [1.54, 1.807) is 0 Å². The molecule has 0 spiro atoms. The van der Waals surface area contributed by atoms with Gasteiger partial charge in [0.25, 0.3) is 0 Å². The minimum atomic E-state index is 0.462. The highest BCUT2D eigenvalue weighted by Gasteiger charge is 2.20. The van der Waals surface area contributed by atoms with Crippen LogP contribution >= 0.6 is 0 Å². The number of hydrogen-bond acceptors (Lipinski definition) is 5. The topological polar surface area (TPSA) is 59.1 Å². The van der Waals surface area contributed by atoms with Gasteiger partial charge in [0, 0.05) is 26.3 Å². The van der Waals surface area contributed by atoms with Crippen molar-refractivity contribution in [2.24, 2.45) is 5.92 Å². The number of rotatable bonds is 8. The van der Waals surface area contributed by atoms with Gasteiger partial charge < -0.3 is 15.4 Å². The first-order valence-corrected chi connectivity index (χ1v) is 6.69. The molecule has 1 heterocycles. The highest BCUT2D eigenvalue weighted by atomic mass is 16.5. The number of ether oxygens (including phenoxy) is 1. The molecule has 5 nitrogen and oxygen atoms in total. The molecule has 1 aromatic rings. The summed E-state index contributed by atoms with van der Waals surface area (Å²) in [5.41, 5.74) is 0. The lowest BCUT2D eigenvalue weighted by Gasteiger charge is -2.09. The van der Waals surface area contributed by atoms with E-state index in [2.05, 4.69) is 20.6 Å². The minimum absolute atomic E-state index is 0.462. The van der Waals surface area contributed by atoms with E-state index in [1.165, 1.54) is 19.3 Å². The Kier molecular flexibility index (Phi) is 4.75. The van der Waals surface area contributed by atoms with Gasteiger partial charge in [-0.3, -0.25) is 0 Å². The zero-order chi connectivity index (χ0) is 12.8. The summed E-state index contributed by atoms with van der Waals surface area (Å²) in [6, 6.07) is 1.93. The number of aromatic nitrogens is 2. The van der Waals surface area contributed by atoms with E-state index >= 15 is 0 Å². The van der Waals surface area contributed by atoms with Crippen LogP contribution in [0.4, 0.5) is 11.6 Å². The van der Waals surface area contributed by atoms with Gasteiger partial charge in [0.15, 0.2) is 5.82 Å². The Hall–Kier alpha value is -1.36. The van der Waals surface area contributed by atoms with Crippen LogP contribution in [0, 0.1) is 5.92 Å². The summed E-state index contributed by atoms with van der Waals surface area (Å²) in [4.78, 5) is 8.81. The average molecular weight is 250 g/mol. The summed E-state index contributed by atoms with van der Waals surface area (Å²) in [7, 11) is 1.86. The maximum absolute atomic E-state index is 5.35. The summed E-state index contributed by atoms with van der Waals surface area (Å²) < 4.78 is 5.35. The van der Waals surface area contributed by atoms with Crippen LogP contribution in [0.3, 0.4) is 0 Å². The molecule has 0 radical (unpaired) electrons. The van der Waals surface area contributed by atoms with Gasteiger partial charge in [-0.25, -0.2) is 9.97 Å². The molecule has 2 N–H and O–H groups in total. The van der Waals surface area contributed by atoms with E-state index in [0.29, 0.717) is 13.2 Å². The van der Waals surface area contributed by atoms with Gasteiger partial charge in [-0.1, -0.05) is 12.8 Å². The van der Waals surface area contributed by atoms with Crippen molar-refractivity contribution in [3.63, 3.8) is 0 Å². The Morgan fingerprint density at radius 2 is 2.11 bits per heavy atom. The molecule has 0 atom stereocenters. The van der Waals surface area contributed by atoms with Gasteiger partial charge >= 0.3 is 0 Å². The van der Waals surface area contributed by atoms with Crippen molar-refractivity contribution in [1.82, 2.24) is 9.97 Å². The van der Waals surface area contributed by atoms with Crippen LogP contribution in [-0.4, -0.2) is 30.2 Å². The summed E-state index contributed by atoms with van der Waals surface area (Å²) in [5.74, 6) is 3.36. The summed E-state index contributed by atoms with van der Waals surface area (Å²) in [6.45, 7) is 4.09. The van der Waals surface area contributed by atoms with Gasteiger partial charge in [-0.05, 0) is 19.3 Å². The standard InChI is InChI=1S/C13H22N4O/c1-3-18-9-13-16-11(14-2)8-12(17-13)15-7-6-10-4-5-10/h8,10H,3-7,9H2,1-2H3,(H2,14,15,16,17). The first-order chi connectivity index (χ1) is 8.81. The second-order valence-electron chi connectivity index (χ2n) is 4.60. The third-order valence-electron chi connectivity index (χ3n) is 3.02. The van der Waals surface area contributed by atoms with E-state index in [0.717, 1.165) is 29.9 Å². The first-order valence-electron chi connectivity index (χ1n) is 6.69. The van der Waals surface area contributed by atoms with Crippen LogP contribution in [0.2, 0.25) is 0 Å². The molecule has 1 saturated carbocycles. The van der Waals surface area contributed by atoms with Gasteiger partial charge in [-0.2, -0.15) is 0 Å². The normalized spacial score (nSPS) is 14.6. The lowest BCUT2D eigenvalue weighted by Crippen LogP contribution is -2.09. The molecule has 2 rings (SSSR count). The Labute approximate surface area is 108 Å². The molecule has 0 aromatic carbocycles. The minimum Gasteiger partial charge on any atom is -0.374 e. The molecule has 1 fully saturated rings. The van der Waals surface area contributed by atoms with Gasteiger partial charge in [0.1, 0.15) is 18.2 Å². The maximum atomic E-state index is 5.35. The van der Waals surface area contributed by atoms with Crippen molar-refractivity contribution in [3.05, 3.63) is 11.9 Å². The Bertz CT molecular complexity index is 379. The SMILES string of the molecule is CCOCc1nc(NC)cc(NCCC2CC2)n1. The number of nitrogens with one attached hydrogen (secondary N) is 2. The van der Waals surface area contributed by atoms with Gasteiger partial charge in [0.2, 0.25) is 0 Å². The van der Waals surface area contributed by atoms with Crippen LogP contribution < -0.4 is 10.6 Å². The molecule has 0 saturated heterocycles. The van der Waals surface area contributed by atoms with Crippen molar-refractivity contribution in [3.8, 4) is 0 Å². The van der Waals surface area contributed by atoms with E-state index in [-0.39, 0.29) is 0 Å². The van der Waals surface area contributed by atoms with Crippen molar-refractivity contribution in [1.29, 1.82) is 0 Å². The maximum Gasteiger partial charge on any atom is 0.158 e. The first kappa shape index (κ1) is 13.1. The molecule has 0 amide bonds. The summed E-state index contributed by atoms with van der Waals surface area (Å²) >= 11 is 0. The Morgan fingerprint density at radius 3 is 2.78 bits per heavy atom. The van der Waals surface area contributed by atoms with Crippen LogP contribution in [0.25, 0.3) is 0 Å². The fourth-order valence-electron chi connectivity index (χ4n) is 1.78. The smallest absolute Gasteiger partial charge is 0.158 e. The number of anilines is 2. The highest BCUT2D eigenvalue weighted by molar-refractivity contribution is 5.47. The van der Waals surface area contributed by atoms with E-state index in [4.69, 9.17) is 4.74 Å². The molecular weight excluding hydrogens is 228 g/mol. The molecule has 1 aromatic heterocycles. The fourth-order valence-corrected chi connectivity index (χ4v) is 1.78. The predicted octanol–water partition coefficient (Wildman–Crippen LogP) is 2.27. The lowest BCUT2D eigenvalue weighted by atomic mass is 10.3. The summed E-state index contributed by atoms with van der Waals surface area (Å²) in [5, 5.41) is 6.41. The molecule has 1 aliphatic rings. The number of nitrogens with zero attached hydrogens (tertiary/aromatic N) is 2. The quantitative estimate of drug-likeness (QED) is 0.741. The van der Waals surface area contributed by atoms with Crippen LogP contribution in [0.15, 0.2) is 6.07 Å². The Morgan fingerprint density at radius 1 is 1.33 bits per heavy atom. The molecule has 0 unspecified atom stereocenters. The fraction of sp³-hybridized carbons (Fsp3) is 0.692. The molecule has 5 heteroatoms. The van der Waals surface area contributed by atoms with Crippen molar-refractivity contribution in [2.45, 2.75) is 32.8 Å².